The number of carbonyl (C=O) groups is 4. The molecule has 4 amide bonds. The molecule has 2 aromatic carbocycles. The molecule has 6 bridgehead atoms. The van der Waals surface area contributed by atoms with Crippen molar-refractivity contribution in [2.75, 3.05) is 13.7 Å². The van der Waals surface area contributed by atoms with Gasteiger partial charge in [-0.25, -0.2) is 13.2 Å². The minimum absolute atomic E-state index is 0.0230. The highest BCUT2D eigenvalue weighted by atomic mass is 32.2. The van der Waals surface area contributed by atoms with Gasteiger partial charge in [0, 0.05) is 30.0 Å². The number of rotatable bonds is 8. The Hall–Kier alpha value is -5.51. The highest BCUT2D eigenvalue weighted by molar-refractivity contribution is 7.91. The number of nitrogens with zero attached hydrogens (tertiary/aromatic N) is 4. The van der Waals surface area contributed by atoms with Crippen LogP contribution in [-0.2, 0) is 29.1 Å². The zero-order valence-electron chi connectivity index (χ0n) is 35.1. The first-order valence-electron chi connectivity index (χ1n) is 20.5. The van der Waals surface area contributed by atoms with Crippen molar-refractivity contribution in [2.45, 2.75) is 114 Å². The zero-order valence-corrected chi connectivity index (χ0v) is 35.9. The molecule has 1 aromatic heterocycles. The highest BCUT2D eigenvalue weighted by Gasteiger charge is 2.62. The van der Waals surface area contributed by atoms with E-state index in [2.05, 4.69) is 28.0 Å². The Morgan fingerprint density at radius 3 is 2.38 bits per heavy atom. The van der Waals surface area contributed by atoms with Crippen molar-refractivity contribution < 1.29 is 37.1 Å². The lowest BCUT2D eigenvalue weighted by molar-refractivity contribution is -0.143. The Morgan fingerprint density at radius 1 is 1.05 bits per heavy atom. The van der Waals surface area contributed by atoms with Crippen molar-refractivity contribution >= 4 is 39.9 Å². The van der Waals surface area contributed by atoms with E-state index in [4.69, 9.17) is 19.7 Å². The topological polar surface area (TPSA) is 191 Å². The van der Waals surface area contributed by atoms with Crippen LogP contribution in [0.5, 0.6) is 5.75 Å². The lowest BCUT2D eigenvalue weighted by Gasteiger charge is -2.36. The molecule has 0 unspecified atom stereocenters. The lowest BCUT2D eigenvalue weighted by Crippen LogP contribution is -2.60. The molecule has 3 heterocycles. The van der Waals surface area contributed by atoms with Gasteiger partial charge in [-0.1, -0.05) is 57.2 Å². The van der Waals surface area contributed by atoms with Crippen LogP contribution >= 0.6 is 0 Å². The summed E-state index contributed by atoms with van der Waals surface area (Å²) in [6.07, 6.45) is 7.99. The maximum atomic E-state index is 14.9. The van der Waals surface area contributed by atoms with Gasteiger partial charge in [0.15, 0.2) is 0 Å². The molecule has 3 aromatic rings. The van der Waals surface area contributed by atoms with Gasteiger partial charge in [-0.3, -0.25) is 19.1 Å². The normalized spacial score (nSPS) is 26.2. The number of benzene rings is 2. The van der Waals surface area contributed by atoms with Crippen molar-refractivity contribution in [3.63, 3.8) is 0 Å². The van der Waals surface area contributed by atoms with E-state index in [-0.39, 0.29) is 19.4 Å². The van der Waals surface area contributed by atoms with Gasteiger partial charge in [-0.15, -0.1) is 6.58 Å². The number of fused-ring (bicyclic) bond motifs is 8. The fourth-order valence-corrected chi connectivity index (χ4v) is 9.40. The average Bonchev–Trinajstić information content (AvgIpc) is 4.08. The fourth-order valence-electron chi connectivity index (χ4n) is 8.03. The standard InChI is InChI=1S/C44H55N7O8S/c1-8-30-25-44(30,40(54)49-60(56,57)33-20-21-33)46-38(52)34-24-31-26-50(34)39(53)37(42(2,3)4)45-41(55)59-43(5,6)22-11-9-10-13-27-14-12-15-29(23-27)36-35(47-51(31)48-36)28-16-18-32(58-7)19-17-28/h8,10,12-19,23,30-31,33-34,37H,1,9,11,20-22,24-26H2,2-7H3,(H,45,55)(H,46,52)(H,49,54)/b13-10-/t30-,31-,34+,37-,44-/m1/s1. The van der Waals surface area contributed by atoms with E-state index in [9.17, 15) is 27.6 Å². The van der Waals surface area contributed by atoms with Gasteiger partial charge in [-0.05, 0) is 93.7 Å². The molecular formula is C44H55N7O8S. The molecule has 60 heavy (non-hydrogen) atoms. The first-order chi connectivity index (χ1) is 28.3. The summed E-state index contributed by atoms with van der Waals surface area (Å²) in [7, 11) is -2.33. The Morgan fingerprint density at radius 2 is 1.75 bits per heavy atom. The Kier molecular flexibility index (Phi) is 11.5. The molecule has 3 fully saturated rings. The third-order valence-electron chi connectivity index (χ3n) is 11.8. The van der Waals surface area contributed by atoms with E-state index < -0.39 is 79.7 Å². The highest BCUT2D eigenvalue weighted by Crippen LogP contribution is 2.46. The summed E-state index contributed by atoms with van der Waals surface area (Å²) in [5, 5.41) is 15.1. The summed E-state index contributed by atoms with van der Waals surface area (Å²) < 4.78 is 39.2. The van der Waals surface area contributed by atoms with Gasteiger partial charge in [0.25, 0.3) is 5.91 Å². The minimum Gasteiger partial charge on any atom is -0.497 e. The number of hydrogen-bond acceptors (Lipinski definition) is 10. The zero-order chi connectivity index (χ0) is 43.2. The summed E-state index contributed by atoms with van der Waals surface area (Å²) in [6.45, 7) is 12.9. The number of aromatic nitrogens is 3. The quantitative estimate of drug-likeness (QED) is 0.243. The first kappa shape index (κ1) is 42.6. The number of methoxy groups -OCH3 is 1. The molecule has 2 aliphatic heterocycles. The molecule has 16 heteroatoms. The van der Waals surface area contributed by atoms with Crippen LogP contribution in [0.25, 0.3) is 28.6 Å². The lowest BCUT2D eigenvalue weighted by atomic mass is 9.85. The molecule has 15 nitrogen and oxygen atoms in total. The van der Waals surface area contributed by atoms with Gasteiger partial charge in [0.2, 0.25) is 21.8 Å². The van der Waals surface area contributed by atoms with E-state index in [0.717, 1.165) is 29.5 Å². The summed E-state index contributed by atoms with van der Waals surface area (Å²) in [5.74, 6) is -1.92. The molecule has 0 radical (unpaired) electrons. The number of allylic oxidation sites excluding steroid dienone is 1. The van der Waals surface area contributed by atoms with Crippen LogP contribution in [0.1, 0.15) is 91.2 Å². The SMILES string of the molecule is C=C[C@@H]1C[C@]1(NC(=O)[C@@H]1C[C@@H]2CN1C(=O)[C@H](C(C)(C)C)NC(=O)OC(C)(C)CCC/C=C\c1cccc(c1)-c1nn2nc1-c1ccc(OC)cc1)C(=O)NS(=O)(=O)C1CC1. The predicted octanol–water partition coefficient (Wildman–Crippen LogP) is 5.55. The summed E-state index contributed by atoms with van der Waals surface area (Å²) in [6, 6.07) is 12.5. The number of carbonyl (C=O) groups excluding carboxylic acids is 4. The van der Waals surface area contributed by atoms with Gasteiger partial charge in [-0.2, -0.15) is 15.0 Å². The molecule has 0 spiro atoms. The summed E-state index contributed by atoms with van der Waals surface area (Å²) >= 11 is 0. The Balaban J connectivity index is 1.30. The number of sulfonamides is 1. The van der Waals surface area contributed by atoms with E-state index in [1.54, 1.807) is 7.11 Å². The van der Waals surface area contributed by atoms with Crippen molar-refractivity contribution in [3.05, 3.63) is 72.8 Å². The van der Waals surface area contributed by atoms with Crippen LogP contribution in [0.15, 0.2) is 67.3 Å². The molecule has 2 aliphatic carbocycles. The third-order valence-corrected chi connectivity index (χ3v) is 13.6. The van der Waals surface area contributed by atoms with Gasteiger partial charge in [0.05, 0.1) is 18.4 Å². The monoisotopic (exact) mass is 841 g/mol. The Bertz CT molecular complexity index is 2310. The second-order valence-electron chi connectivity index (χ2n) is 18.0. The van der Waals surface area contributed by atoms with Crippen molar-refractivity contribution in [3.8, 4) is 28.3 Å². The van der Waals surface area contributed by atoms with E-state index in [0.29, 0.717) is 36.4 Å². The molecular weight excluding hydrogens is 787 g/mol. The van der Waals surface area contributed by atoms with Gasteiger partial charge >= 0.3 is 6.09 Å². The van der Waals surface area contributed by atoms with Crippen LogP contribution < -0.4 is 20.1 Å². The molecule has 1 saturated heterocycles. The molecule has 5 atom stereocenters. The predicted molar refractivity (Wildman–Crippen MR) is 226 cm³/mol. The average molecular weight is 842 g/mol. The van der Waals surface area contributed by atoms with Crippen LogP contribution in [0.2, 0.25) is 0 Å². The number of hydrogen-bond donors (Lipinski definition) is 3. The van der Waals surface area contributed by atoms with Crippen LogP contribution in [0, 0.1) is 11.3 Å². The maximum absolute atomic E-state index is 14.9. The van der Waals surface area contributed by atoms with E-state index in [1.165, 1.54) is 15.8 Å². The van der Waals surface area contributed by atoms with Crippen molar-refractivity contribution in [1.82, 2.24) is 35.2 Å². The second-order valence-corrected chi connectivity index (χ2v) is 20.0. The molecule has 7 rings (SSSR count). The number of amides is 4. The number of alkyl carbamates (subject to hydrolysis) is 1. The fraction of sp³-hybridized carbons (Fsp3) is 0.500. The largest absolute Gasteiger partial charge is 0.497 e. The maximum Gasteiger partial charge on any atom is 0.408 e. The molecule has 3 N–H and O–H groups in total. The second kappa shape index (κ2) is 16.2. The van der Waals surface area contributed by atoms with E-state index in [1.807, 2.05) is 89.2 Å². The number of cyclic esters (lactones) is 1. The number of ether oxygens (including phenoxy) is 2. The van der Waals surface area contributed by atoms with Crippen molar-refractivity contribution in [2.24, 2.45) is 11.3 Å². The van der Waals surface area contributed by atoms with Crippen LogP contribution in [0.4, 0.5) is 4.79 Å². The third kappa shape index (κ3) is 8.98. The Labute approximate surface area is 351 Å². The van der Waals surface area contributed by atoms with Gasteiger partial charge in [0.1, 0.15) is 40.4 Å². The van der Waals surface area contributed by atoms with Crippen LogP contribution in [-0.4, -0.2) is 94.3 Å². The van der Waals surface area contributed by atoms with Crippen LogP contribution in [0.3, 0.4) is 0 Å². The van der Waals surface area contributed by atoms with E-state index >= 15 is 0 Å². The molecule has 4 aliphatic rings. The molecule has 2 saturated carbocycles. The van der Waals surface area contributed by atoms with Gasteiger partial charge < -0.3 is 25.0 Å². The molecule has 320 valence electrons. The van der Waals surface area contributed by atoms with Crippen molar-refractivity contribution in [1.29, 1.82) is 0 Å². The summed E-state index contributed by atoms with van der Waals surface area (Å²) in [5.41, 5.74) is 0.442. The minimum atomic E-state index is -3.93. The number of nitrogens with one attached hydrogen (secondary N) is 3. The summed E-state index contributed by atoms with van der Waals surface area (Å²) in [4.78, 5) is 59.7. The first-order valence-corrected chi connectivity index (χ1v) is 22.1. The smallest absolute Gasteiger partial charge is 0.408 e.